The lowest BCUT2D eigenvalue weighted by atomic mass is 9.99. The van der Waals surface area contributed by atoms with Crippen molar-refractivity contribution in [1.82, 2.24) is 0 Å². The second-order valence-corrected chi connectivity index (χ2v) is 8.18. The van der Waals surface area contributed by atoms with E-state index in [1.807, 2.05) is 42.5 Å². The maximum absolute atomic E-state index is 12.4. The highest BCUT2D eigenvalue weighted by Crippen LogP contribution is 2.24. The smallest absolute Gasteiger partial charge is 0.429 e. The number of ether oxygens (including phenoxy) is 1. The Morgan fingerprint density at radius 2 is 1.22 bits per heavy atom. The van der Waals surface area contributed by atoms with E-state index in [1.54, 1.807) is 12.1 Å². The first-order valence-corrected chi connectivity index (χ1v) is 11.6. The molecule has 0 spiro atoms. The van der Waals surface area contributed by atoms with Gasteiger partial charge < -0.3 is 4.74 Å². The van der Waals surface area contributed by atoms with E-state index in [2.05, 4.69) is 9.93 Å². The van der Waals surface area contributed by atoms with E-state index in [4.69, 9.17) is 9.62 Å². The van der Waals surface area contributed by atoms with E-state index in [-0.39, 0.29) is 6.10 Å². The monoisotopic (exact) mass is 440 g/mol. The molecule has 0 saturated heterocycles. The summed E-state index contributed by atoms with van der Waals surface area (Å²) in [6.45, 7) is 0. The average molecular weight is 441 g/mol. The van der Waals surface area contributed by atoms with Crippen LogP contribution in [0.4, 0.5) is 4.79 Å². The fourth-order valence-electron chi connectivity index (χ4n) is 4.05. The second kappa shape index (κ2) is 13.5. The fraction of sp³-hybridized carbons (Fsp3) is 0.462. The van der Waals surface area contributed by atoms with E-state index in [1.165, 1.54) is 32.1 Å². The minimum Gasteiger partial charge on any atom is -0.429 e. The predicted octanol–water partition coefficient (Wildman–Crippen LogP) is 7.18. The SMILES string of the molecule is O=C(OOOC(=O)c1ccccc1-c1ccccc1)OC1CCCCCCCCCCC1. The summed E-state index contributed by atoms with van der Waals surface area (Å²) in [5.41, 5.74) is 1.86. The Bertz CT molecular complexity index is 823. The van der Waals surface area contributed by atoms with Crippen molar-refractivity contribution in [2.75, 3.05) is 0 Å². The van der Waals surface area contributed by atoms with Crippen LogP contribution in [0.5, 0.6) is 0 Å². The van der Waals surface area contributed by atoms with Crippen LogP contribution in [0.25, 0.3) is 11.1 Å². The number of hydrogen-bond acceptors (Lipinski definition) is 6. The molecule has 0 N–H and O–H groups in total. The molecule has 1 fully saturated rings. The molecule has 0 aliphatic heterocycles. The van der Waals surface area contributed by atoms with Gasteiger partial charge >= 0.3 is 12.1 Å². The molecule has 1 aliphatic rings. The summed E-state index contributed by atoms with van der Waals surface area (Å²) in [6, 6.07) is 16.4. The third-order valence-corrected chi connectivity index (χ3v) is 5.76. The first kappa shape index (κ1) is 23.8. The van der Waals surface area contributed by atoms with E-state index < -0.39 is 12.1 Å². The van der Waals surface area contributed by atoms with Crippen LogP contribution in [0, 0.1) is 0 Å². The van der Waals surface area contributed by atoms with Crippen molar-refractivity contribution >= 4 is 12.1 Å². The highest BCUT2D eigenvalue weighted by atomic mass is 17.5. The molecule has 0 atom stereocenters. The van der Waals surface area contributed by atoms with Gasteiger partial charge in [0.2, 0.25) is 0 Å². The van der Waals surface area contributed by atoms with Gasteiger partial charge in [-0.25, -0.2) is 14.5 Å². The molecule has 0 radical (unpaired) electrons. The van der Waals surface area contributed by atoms with Gasteiger partial charge in [-0.2, -0.15) is 0 Å². The van der Waals surface area contributed by atoms with Crippen LogP contribution in [0.1, 0.15) is 81.0 Å². The van der Waals surface area contributed by atoms with Crippen LogP contribution >= 0.6 is 0 Å². The number of carbonyl (C=O) groups is 2. The van der Waals surface area contributed by atoms with Crippen molar-refractivity contribution in [3.8, 4) is 11.1 Å². The fourth-order valence-corrected chi connectivity index (χ4v) is 4.05. The van der Waals surface area contributed by atoms with E-state index in [9.17, 15) is 9.59 Å². The molecular formula is C26H32O6. The van der Waals surface area contributed by atoms with Crippen molar-refractivity contribution < 1.29 is 29.1 Å². The van der Waals surface area contributed by atoms with Crippen molar-refractivity contribution in [2.45, 2.75) is 76.7 Å². The number of rotatable bonds is 5. The van der Waals surface area contributed by atoms with Crippen molar-refractivity contribution in [2.24, 2.45) is 0 Å². The van der Waals surface area contributed by atoms with E-state index in [0.717, 1.165) is 44.1 Å². The number of hydrogen-bond donors (Lipinski definition) is 0. The van der Waals surface area contributed by atoms with Gasteiger partial charge in [0, 0.05) is 0 Å². The topological polar surface area (TPSA) is 71.1 Å². The number of carbonyl (C=O) groups excluding carboxylic acids is 2. The summed E-state index contributed by atoms with van der Waals surface area (Å²) in [4.78, 5) is 33.7. The summed E-state index contributed by atoms with van der Waals surface area (Å²) in [7, 11) is 0. The van der Waals surface area contributed by atoms with Gasteiger partial charge in [0.05, 0.1) is 10.6 Å². The maximum atomic E-state index is 12.4. The lowest BCUT2D eigenvalue weighted by Crippen LogP contribution is -2.20. The number of benzene rings is 2. The Kier molecular flexibility index (Phi) is 10.1. The molecule has 6 heteroatoms. The minimum atomic E-state index is -0.994. The second-order valence-electron chi connectivity index (χ2n) is 8.18. The third-order valence-electron chi connectivity index (χ3n) is 5.76. The summed E-state index contributed by atoms with van der Waals surface area (Å²) in [5.74, 6) is -0.761. The zero-order chi connectivity index (χ0) is 22.4. The molecule has 1 saturated carbocycles. The van der Waals surface area contributed by atoms with Crippen molar-refractivity contribution in [3.05, 3.63) is 60.2 Å². The van der Waals surface area contributed by atoms with Gasteiger partial charge in [-0.1, -0.05) is 93.5 Å². The first-order chi connectivity index (χ1) is 15.7. The molecule has 172 valence electrons. The lowest BCUT2D eigenvalue weighted by Gasteiger charge is -2.17. The molecular weight excluding hydrogens is 408 g/mol. The van der Waals surface area contributed by atoms with Crippen molar-refractivity contribution in [1.29, 1.82) is 0 Å². The molecule has 0 amide bonds. The molecule has 3 rings (SSSR count). The average Bonchev–Trinajstić information content (AvgIpc) is 2.81. The molecule has 0 bridgehead atoms. The van der Waals surface area contributed by atoms with Crippen LogP contribution in [-0.4, -0.2) is 18.2 Å². The predicted molar refractivity (Wildman–Crippen MR) is 121 cm³/mol. The molecule has 6 nitrogen and oxygen atoms in total. The molecule has 0 unspecified atom stereocenters. The molecule has 2 aromatic rings. The zero-order valence-corrected chi connectivity index (χ0v) is 18.5. The largest absolute Gasteiger partial charge is 0.543 e. The highest BCUT2D eigenvalue weighted by Gasteiger charge is 2.19. The summed E-state index contributed by atoms with van der Waals surface area (Å²) in [5, 5.41) is 4.46. The Morgan fingerprint density at radius 1 is 0.656 bits per heavy atom. The quantitative estimate of drug-likeness (QED) is 0.278. The van der Waals surface area contributed by atoms with Gasteiger partial charge in [0.15, 0.2) is 0 Å². The first-order valence-electron chi connectivity index (χ1n) is 11.6. The summed E-state index contributed by atoms with van der Waals surface area (Å²) < 4.78 is 5.40. The van der Waals surface area contributed by atoms with Crippen molar-refractivity contribution in [3.63, 3.8) is 0 Å². The Labute approximate surface area is 189 Å². The summed E-state index contributed by atoms with van der Waals surface area (Å²) >= 11 is 0. The molecule has 2 aromatic carbocycles. The molecule has 0 aromatic heterocycles. The van der Waals surface area contributed by atoms with E-state index in [0.29, 0.717) is 11.1 Å². The summed E-state index contributed by atoms with van der Waals surface area (Å²) in [6.07, 6.45) is 11.0. The van der Waals surface area contributed by atoms with Gasteiger partial charge in [0.1, 0.15) is 6.10 Å². The maximum Gasteiger partial charge on any atom is 0.543 e. The van der Waals surface area contributed by atoms with Gasteiger partial charge in [-0.15, -0.1) is 0 Å². The van der Waals surface area contributed by atoms with E-state index >= 15 is 0 Å². The lowest BCUT2D eigenvalue weighted by molar-refractivity contribution is -0.453. The Morgan fingerprint density at radius 3 is 1.88 bits per heavy atom. The van der Waals surface area contributed by atoms with Gasteiger partial charge in [-0.05, 0) is 42.9 Å². The van der Waals surface area contributed by atoms with Crippen LogP contribution in [-0.2, 0) is 19.6 Å². The Balaban J connectivity index is 1.46. The standard InChI is InChI=1S/C26H32O6/c27-25(24-20-14-13-19-23(24)21-15-9-8-10-16-21)30-32-31-26(28)29-22-17-11-6-4-2-1-3-5-7-12-18-22/h8-10,13-16,19-20,22H,1-7,11-12,17-18H2. The molecule has 1 aliphatic carbocycles. The van der Waals surface area contributed by atoms with Gasteiger partial charge in [0.25, 0.3) is 0 Å². The van der Waals surface area contributed by atoms with Crippen LogP contribution in [0.2, 0.25) is 0 Å². The Hall–Kier alpha value is -2.86. The van der Waals surface area contributed by atoms with Crippen LogP contribution in [0.15, 0.2) is 54.6 Å². The van der Waals surface area contributed by atoms with Gasteiger partial charge in [-0.3, -0.25) is 4.89 Å². The molecule has 0 heterocycles. The zero-order valence-electron chi connectivity index (χ0n) is 18.5. The van der Waals surface area contributed by atoms with Crippen LogP contribution in [0.3, 0.4) is 0 Å². The van der Waals surface area contributed by atoms with Crippen LogP contribution < -0.4 is 0 Å². The third kappa shape index (κ3) is 8.00. The normalized spacial score (nSPS) is 16.2. The molecule has 32 heavy (non-hydrogen) atoms. The minimum absolute atomic E-state index is 0.208. The highest BCUT2D eigenvalue weighted by molar-refractivity contribution is 5.96.